The summed E-state index contributed by atoms with van der Waals surface area (Å²) in [5.41, 5.74) is 0.442. The number of hydrogen-bond acceptors (Lipinski definition) is 1. The first-order valence-electron chi connectivity index (χ1n) is 2.61. The average Bonchev–Trinajstić information content (AvgIpc) is 1.82. The first-order chi connectivity index (χ1) is 4.61. The summed E-state index contributed by atoms with van der Waals surface area (Å²) in [5, 5.41) is 9.79. The molecule has 0 saturated carbocycles. The van der Waals surface area contributed by atoms with E-state index in [0.717, 1.165) is 0 Å². The average molecular weight is 176 g/mol. The van der Waals surface area contributed by atoms with Crippen molar-refractivity contribution in [1.29, 1.82) is 0 Å². The van der Waals surface area contributed by atoms with Crippen molar-refractivity contribution in [2.45, 2.75) is 0 Å². The van der Waals surface area contributed by atoms with Gasteiger partial charge in [-0.2, -0.15) is 0 Å². The van der Waals surface area contributed by atoms with Crippen molar-refractivity contribution in [2.24, 2.45) is 0 Å². The Morgan fingerprint density at radius 2 is 1.90 bits per heavy atom. The molecule has 0 aliphatic carbocycles. The van der Waals surface area contributed by atoms with Crippen molar-refractivity contribution >= 4 is 23.2 Å². The van der Waals surface area contributed by atoms with Crippen LogP contribution in [0.5, 0.6) is 5.75 Å². The fourth-order valence-corrected chi connectivity index (χ4v) is 1.15. The van der Waals surface area contributed by atoms with Crippen molar-refractivity contribution in [2.75, 3.05) is 0 Å². The smallest absolute Gasteiger partial charge is 0.137 e. The predicted molar refractivity (Wildman–Crippen MR) is 42.6 cm³/mol. The van der Waals surface area contributed by atoms with Gasteiger partial charge in [0.25, 0.3) is 0 Å². The van der Waals surface area contributed by atoms with Gasteiger partial charge in [0.1, 0.15) is 5.75 Å². The van der Waals surface area contributed by atoms with Crippen LogP contribution in [0.4, 0.5) is 0 Å². The molecule has 1 aromatic rings. The summed E-state index contributed by atoms with van der Waals surface area (Å²) in [7, 11) is 0. The number of phenols is 1. The highest BCUT2D eigenvalue weighted by Gasteiger charge is 2.02. The lowest BCUT2D eigenvalue weighted by atomic mass is 10.2. The van der Waals surface area contributed by atoms with Gasteiger partial charge in [-0.15, -0.1) is 0 Å². The van der Waals surface area contributed by atoms with Crippen LogP contribution in [-0.4, -0.2) is 5.11 Å². The molecule has 1 aromatic carbocycles. The Morgan fingerprint density at radius 3 is 2.40 bits per heavy atom. The van der Waals surface area contributed by atoms with E-state index in [4.69, 9.17) is 28.3 Å². The highest BCUT2D eigenvalue weighted by molar-refractivity contribution is 6.35. The van der Waals surface area contributed by atoms with E-state index in [1.165, 1.54) is 6.07 Å². The Bertz CT molecular complexity index is 235. The Morgan fingerprint density at radius 1 is 1.30 bits per heavy atom. The van der Waals surface area contributed by atoms with Gasteiger partial charge in [0.05, 0.1) is 5.02 Å². The third kappa shape index (κ3) is 1.36. The summed E-state index contributed by atoms with van der Waals surface area (Å²) in [6.07, 6.45) is 0. The lowest BCUT2D eigenvalue weighted by Gasteiger charge is -2.00. The van der Waals surface area contributed by atoms with E-state index in [2.05, 4.69) is 6.92 Å². The molecular formula is C7H5Cl2O. The maximum Gasteiger partial charge on any atom is 0.137 e. The number of aromatic hydroxyl groups is 1. The molecule has 0 atom stereocenters. The topological polar surface area (TPSA) is 20.2 Å². The maximum absolute atomic E-state index is 9.08. The van der Waals surface area contributed by atoms with E-state index in [-0.39, 0.29) is 10.8 Å². The molecule has 53 valence electrons. The minimum Gasteiger partial charge on any atom is -0.506 e. The van der Waals surface area contributed by atoms with Crippen LogP contribution in [0, 0.1) is 6.92 Å². The third-order valence-electron chi connectivity index (χ3n) is 1.11. The van der Waals surface area contributed by atoms with Crippen molar-refractivity contribution in [3.63, 3.8) is 0 Å². The van der Waals surface area contributed by atoms with E-state index in [1.807, 2.05) is 0 Å². The lowest BCUT2D eigenvalue weighted by Crippen LogP contribution is -1.75. The number of phenolic OH excluding ortho intramolecular Hbond substituents is 1. The van der Waals surface area contributed by atoms with E-state index in [0.29, 0.717) is 10.6 Å². The second kappa shape index (κ2) is 2.69. The second-order valence-electron chi connectivity index (χ2n) is 1.90. The molecule has 1 N–H and O–H groups in total. The van der Waals surface area contributed by atoms with Gasteiger partial charge in [-0.1, -0.05) is 23.2 Å². The van der Waals surface area contributed by atoms with Crippen molar-refractivity contribution in [1.82, 2.24) is 0 Å². The van der Waals surface area contributed by atoms with Crippen molar-refractivity contribution in [3.05, 3.63) is 34.7 Å². The molecule has 0 spiro atoms. The monoisotopic (exact) mass is 175 g/mol. The van der Waals surface area contributed by atoms with Gasteiger partial charge in [0.15, 0.2) is 0 Å². The van der Waals surface area contributed by atoms with Gasteiger partial charge in [0, 0.05) is 5.02 Å². The van der Waals surface area contributed by atoms with Gasteiger partial charge >= 0.3 is 0 Å². The Labute approximate surface area is 69.2 Å². The summed E-state index contributed by atoms with van der Waals surface area (Å²) in [5.74, 6) is -0.00827. The van der Waals surface area contributed by atoms with Gasteiger partial charge < -0.3 is 5.11 Å². The summed E-state index contributed by atoms with van der Waals surface area (Å²) in [6, 6.07) is 3.01. The highest BCUT2D eigenvalue weighted by atomic mass is 35.5. The quantitative estimate of drug-likeness (QED) is 0.644. The summed E-state index contributed by atoms with van der Waals surface area (Å²) < 4.78 is 0. The summed E-state index contributed by atoms with van der Waals surface area (Å²) >= 11 is 11.1. The van der Waals surface area contributed by atoms with Crippen molar-refractivity contribution < 1.29 is 5.11 Å². The number of benzene rings is 1. The van der Waals surface area contributed by atoms with E-state index >= 15 is 0 Å². The Balaban J connectivity index is 3.31. The zero-order valence-corrected chi connectivity index (χ0v) is 6.58. The number of hydrogen-bond donors (Lipinski definition) is 1. The maximum atomic E-state index is 9.08. The molecule has 0 aliphatic heterocycles. The van der Waals surface area contributed by atoms with E-state index in [1.54, 1.807) is 6.07 Å². The Kier molecular flexibility index (Phi) is 2.07. The van der Waals surface area contributed by atoms with Gasteiger partial charge in [-0.05, 0) is 24.6 Å². The molecule has 0 unspecified atom stereocenters. The van der Waals surface area contributed by atoms with Crippen LogP contribution in [0.3, 0.4) is 0 Å². The fourth-order valence-electron chi connectivity index (χ4n) is 0.619. The van der Waals surface area contributed by atoms with Gasteiger partial charge in [-0.3, -0.25) is 0 Å². The standard InChI is InChI=1S/C7H5Cl2O/c1-4-2-5(8)3-6(9)7(4)10/h2-3,10H,1H2. The molecule has 1 nitrogen and oxygen atoms in total. The van der Waals surface area contributed by atoms with Crippen LogP contribution < -0.4 is 0 Å². The summed E-state index contributed by atoms with van der Waals surface area (Å²) in [6.45, 7) is 3.52. The zero-order chi connectivity index (χ0) is 7.72. The van der Waals surface area contributed by atoms with Gasteiger partial charge in [0.2, 0.25) is 0 Å². The normalized spacial score (nSPS) is 9.90. The first-order valence-corrected chi connectivity index (χ1v) is 3.37. The van der Waals surface area contributed by atoms with Crippen LogP contribution in [0.25, 0.3) is 0 Å². The molecule has 0 fully saturated rings. The molecular weight excluding hydrogens is 171 g/mol. The summed E-state index contributed by atoms with van der Waals surface area (Å²) in [4.78, 5) is 0. The van der Waals surface area contributed by atoms with Crippen LogP contribution in [-0.2, 0) is 0 Å². The lowest BCUT2D eigenvalue weighted by molar-refractivity contribution is 0.473. The number of rotatable bonds is 0. The molecule has 0 aliphatic rings. The molecule has 1 rings (SSSR count). The molecule has 3 heteroatoms. The van der Waals surface area contributed by atoms with E-state index < -0.39 is 0 Å². The molecule has 1 radical (unpaired) electrons. The Hall–Kier alpha value is -0.400. The van der Waals surface area contributed by atoms with Crippen molar-refractivity contribution in [3.8, 4) is 5.75 Å². The molecule has 10 heavy (non-hydrogen) atoms. The molecule has 0 aromatic heterocycles. The SMILES string of the molecule is [CH2]c1cc(Cl)cc(Cl)c1O. The highest BCUT2D eigenvalue weighted by Crippen LogP contribution is 2.29. The second-order valence-corrected chi connectivity index (χ2v) is 2.74. The first kappa shape index (κ1) is 7.70. The van der Waals surface area contributed by atoms with Crippen LogP contribution in [0.2, 0.25) is 10.0 Å². The minimum absolute atomic E-state index is 0.00827. The number of halogens is 2. The van der Waals surface area contributed by atoms with E-state index in [9.17, 15) is 0 Å². The largest absolute Gasteiger partial charge is 0.506 e. The zero-order valence-electron chi connectivity index (χ0n) is 5.06. The molecule has 0 bridgehead atoms. The van der Waals surface area contributed by atoms with Crippen LogP contribution in [0.15, 0.2) is 12.1 Å². The van der Waals surface area contributed by atoms with Crippen LogP contribution >= 0.6 is 23.2 Å². The molecule has 0 heterocycles. The third-order valence-corrected chi connectivity index (χ3v) is 1.61. The molecule has 0 amide bonds. The predicted octanol–water partition coefficient (Wildman–Crippen LogP) is 2.88. The molecule has 0 saturated heterocycles. The minimum atomic E-state index is -0.00827. The van der Waals surface area contributed by atoms with Gasteiger partial charge in [-0.25, -0.2) is 0 Å². The van der Waals surface area contributed by atoms with Crippen LogP contribution in [0.1, 0.15) is 5.56 Å². The fraction of sp³-hybridized carbons (Fsp3) is 0.